The molecule has 1 saturated carbocycles. The Morgan fingerprint density at radius 2 is 2.10 bits per heavy atom. The van der Waals surface area contributed by atoms with Gasteiger partial charge in [-0.25, -0.2) is 4.98 Å². The zero-order valence-corrected chi connectivity index (χ0v) is 11.4. The lowest BCUT2D eigenvalue weighted by Crippen LogP contribution is -1.87. The fourth-order valence-electron chi connectivity index (χ4n) is 2.43. The first-order chi connectivity index (χ1) is 9.76. The van der Waals surface area contributed by atoms with Crippen LogP contribution in [0.5, 0.6) is 5.75 Å². The summed E-state index contributed by atoms with van der Waals surface area (Å²) in [6.07, 6.45) is 1.00. The molecule has 1 N–H and O–H groups in total. The number of nitrogens with one attached hydrogen (secondary N) is 1. The second-order valence-corrected chi connectivity index (χ2v) is 4.81. The Hall–Kier alpha value is -2.48. The van der Waals surface area contributed by atoms with Gasteiger partial charge in [-0.2, -0.15) is 5.26 Å². The van der Waals surface area contributed by atoms with Crippen molar-refractivity contribution in [3.05, 3.63) is 41.4 Å². The predicted octanol–water partition coefficient (Wildman–Crippen LogP) is 2.87. The summed E-state index contributed by atoms with van der Waals surface area (Å²) in [6, 6.07) is 10.1. The van der Waals surface area contributed by atoms with Gasteiger partial charge in [0.2, 0.25) is 17.5 Å². The molecule has 1 fully saturated rings. The first-order valence-corrected chi connectivity index (χ1v) is 6.49. The monoisotopic (exact) mass is 269 g/mol. The summed E-state index contributed by atoms with van der Waals surface area (Å²) in [5, 5.41) is 11.8. The number of methoxy groups -OCH3 is 1. The van der Waals surface area contributed by atoms with Crippen LogP contribution in [0, 0.1) is 11.3 Å². The number of anilines is 1. The lowest BCUT2D eigenvalue weighted by molar-refractivity contribution is 0.414. The number of nitrogens with zero attached hydrogens (tertiary/aromatic N) is 2. The highest BCUT2D eigenvalue weighted by Gasteiger charge is 2.43. The molecule has 1 aromatic heterocycles. The van der Waals surface area contributed by atoms with Crippen molar-refractivity contribution < 1.29 is 9.15 Å². The van der Waals surface area contributed by atoms with Crippen LogP contribution in [0.4, 0.5) is 5.88 Å². The third-order valence-electron chi connectivity index (χ3n) is 3.63. The zero-order valence-electron chi connectivity index (χ0n) is 11.4. The van der Waals surface area contributed by atoms with E-state index in [2.05, 4.69) is 22.4 Å². The summed E-state index contributed by atoms with van der Waals surface area (Å²) in [5.41, 5.74) is 1.57. The van der Waals surface area contributed by atoms with Gasteiger partial charge in [-0.3, -0.25) is 0 Å². The van der Waals surface area contributed by atoms with Crippen molar-refractivity contribution in [2.75, 3.05) is 19.5 Å². The molecule has 1 aromatic carbocycles. The number of rotatable bonds is 4. The van der Waals surface area contributed by atoms with Crippen molar-refractivity contribution in [3.8, 4) is 11.8 Å². The average Bonchev–Trinajstić information content (AvgIpc) is 3.19. The van der Waals surface area contributed by atoms with Gasteiger partial charge in [0.1, 0.15) is 11.8 Å². The van der Waals surface area contributed by atoms with Gasteiger partial charge in [0.25, 0.3) is 0 Å². The number of ether oxygens (including phenoxy) is 1. The standard InChI is InChI=1S/C15H15N3O2/c1-17-15-13(8-16)18-14(20-15)12-7-11(12)9-3-5-10(19-2)6-4-9/h3-6,11-12,17H,7H2,1-2H3. The van der Waals surface area contributed by atoms with Gasteiger partial charge in [0.05, 0.1) is 7.11 Å². The lowest BCUT2D eigenvalue weighted by Gasteiger charge is -2.01. The molecule has 5 nitrogen and oxygen atoms in total. The van der Waals surface area contributed by atoms with E-state index in [0.717, 1.165) is 12.2 Å². The average molecular weight is 269 g/mol. The second-order valence-electron chi connectivity index (χ2n) is 4.81. The molecular weight excluding hydrogens is 254 g/mol. The Balaban J connectivity index is 1.78. The van der Waals surface area contributed by atoms with Crippen molar-refractivity contribution in [3.63, 3.8) is 0 Å². The van der Waals surface area contributed by atoms with Crippen LogP contribution in [0.25, 0.3) is 0 Å². The molecule has 3 rings (SSSR count). The number of benzene rings is 1. The second kappa shape index (κ2) is 4.89. The first kappa shape index (κ1) is 12.5. The summed E-state index contributed by atoms with van der Waals surface area (Å²) in [7, 11) is 3.38. The molecule has 0 amide bonds. The van der Waals surface area contributed by atoms with Crippen LogP contribution in [-0.4, -0.2) is 19.1 Å². The quantitative estimate of drug-likeness (QED) is 0.924. The van der Waals surface area contributed by atoms with E-state index in [1.807, 2.05) is 18.2 Å². The Morgan fingerprint density at radius 1 is 1.35 bits per heavy atom. The van der Waals surface area contributed by atoms with Gasteiger partial charge in [-0.1, -0.05) is 12.1 Å². The van der Waals surface area contributed by atoms with Crippen LogP contribution in [0.1, 0.15) is 35.4 Å². The molecule has 1 aliphatic carbocycles. The van der Waals surface area contributed by atoms with Gasteiger partial charge in [-0.05, 0) is 30.0 Å². The predicted molar refractivity (Wildman–Crippen MR) is 73.9 cm³/mol. The first-order valence-electron chi connectivity index (χ1n) is 6.49. The fraction of sp³-hybridized carbons (Fsp3) is 0.333. The van der Waals surface area contributed by atoms with Gasteiger partial charge in [-0.15, -0.1) is 0 Å². The molecule has 0 radical (unpaired) electrons. The number of nitriles is 1. The molecule has 0 aliphatic heterocycles. The van der Waals surface area contributed by atoms with Crippen LogP contribution >= 0.6 is 0 Å². The summed E-state index contributed by atoms with van der Waals surface area (Å²) < 4.78 is 10.8. The highest BCUT2D eigenvalue weighted by molar-refractivity contribution is 5.46. The van der Waals surface area contributed by atoms with E-state index in [4.69, 9.17) is 14.4 Å². The van der Waals surface area contributed by atoms with Crippen molar-refractivity contribution in [1.82, 2.24) is 4.98 Å². The molecule has 0 bridgehead atoms. The van der Waals surface area contributed by atoms with E-state index in [1.54, 1.807) is 14.2 Å². The molecule has 2 atom stereocenters. The van der Waals surface area contributed by atoms with E-state index in [9.17, 15) is 0 Å². The summed E-state index contributed by atoms with van der Waals surface area (Å²) in [5.74, 6) is 2.62. The van der Waals surface area contributed by atoms with Crippen LogP contribution < -0.4 is 10.1 Å². The molecule has 102 valence electrons. The van der Waals surface area contributed by atoms with Crippen molar-refractivity contribution in [2.45, 2.75) is 18.3 Å². The molecule has 0 spiro atoms. The minimum atomic E-state index is 0.262. The van der Waals surface area contributed by atoms with Crippen molar-refractivity contribution >= 4 is 5.88 Å². The summed E-state index contributed by atoms with van der Waals surface area (Å²) in [4.78, 5) is 4.26. The maximum absolute atomic E-state index is 8.98. The van der Waals surface area contributed by atoms with Crippen LogP contribution in [-0.2, 0) is 0 Å². The van der Waals surface area contributed by atoms with Gasteiger partial charge < -0.3 is 14.5 Å². The molecule has 2 unspecified atom stereocenters. The molecule has 1 heterocycles. The van der Waals surface area contributed by atoms with Crippen LogP contribution in [0.15, 0.2) is 28.7 Å². The smallest absolute Gasteiger partial charge is 0.231 e. The van der Waals surface area contributed by atoms with E-state index in [-0.39, 0.29) is 5.92 Å². The Morgan fingerprint density at radius 3 is 2.65 bits per heavy atom. The number of hydrogen-bond donors (Lipinski definition) is 1. The van der Waals surface area contributed by atoms with Crippen molar-refractivity contribution in [2.24, 2.45) is 0 Å². The molecule has 1 aliphatic rings. The highest BCUT2D eigenvalue weighted by Crippen LogP contribution is 2.54. The third-order valence-corrected chi connectivity index (χ3v) is 3.63. The third kappa shape index (κ3) is 2.10. The van der Waals surface area contributed by atoms with E-state index < -0.39 is 0 Å². The number of aromatic nitrogens is 1. The summed E-state index contributed by atoms with van der Waals surface area (Å²) in [6.45, 7) is 0. The largest absolute Gasteiger partial charge is 0.497 e. The Bertz CT molecular complexity index is 655. The van der Waals surface area contributed by atoms with E-state index >= 15 is 0 Å². The van der Waals surface area contributed by atoms with Crippen molar-refractivity contribution in [1.29, 1.82) is 5.26 Å². The zero-order chi connectivity index (χ0) is 14.1. The minimum absolute atomic E-state index is 0.262. The number of hydrogen-bond acceptors (Lipinski definition) is 5. The Labute approximate surface area is 117 Å². The molecular formula is C15H15N3O2. The Kier molecular flexibility index (Phi) is 3.07. The highest BCUT2D eigenvalue weighted by atomic mass is 16.5. The minimum Gasteiger partial charge on any atom is -0.497 e. The van der Waals surface area contributed by atoms with Crippen LogP contribution in [0.2, 0.25) is 0 Å². The topological polar surface area (TPSA) is 71.1 Å². The maximum atomic E-state index is 8.98. The van der Waals surface area contributed by atoms with E-state index in [1.165, 1.54) is 5.56 Å². The molecule has 5 heteroatoms. The van der Waals surface area contributed by atoms with Crippen LogP contribution in [0.3, 0.4) is 0 Å². The molecule has 20 heavy (non-hydrogen) atoms. The lowest BCUT2D eigenvalue weighted by atomic mass is 10.1. The fourth-order valence-corrected chi connectivity index (χ4v) is 2.43. The normalized spacial score (nSPS) is 20.2. The maximum Gasteiger partial charge on any atom is 0.231 e. The SMILES string of the molecule is CNc1oc(C2CC2c2ccc(OC)cc2)nc1C#N. The van der Waals surface area contributed by atoms with Gasteiger partial charge >= 0.3 is 0 Å². The van der Waals surface area contributed by atoms with Gasteiger partial charge in [0.15, 0.2) is 0 Å². The number of oxazole rings is 1. The van der Waals surface area contributed by atoms with Gasteiger partial charge in [0, 0.05) is 13.0 Å². The molecule has 0 saturated heterocycles. The molecule has 2 aromatic rings. The summed E-state index contributed by atoms with van der Waals surface area (Å²) >= 11 is 0. The van der Waals surface area contributed by atoms with E-state index in [0.29, 0.717) is 23.4 Å².